The Morgan fingerprint density at radius 2 is 2.30 bits per heavy atom. The molecule has 0 saturated carbocycles. The Morgan fingerprint density at radius 3 is 3.00 bits per heavy atom. The summed E-state index contributed by atoms with van der Waals surface area (Å²) in [7, 11) is 0. The maximum atomic E-state index is 11.9. The first kappa shape index (κ1) is 14.2. The summed E-state index contributed by atoms with van der Waals surface area (Å²) in [6.45, 7) is 0.979. The molecule has 1 unspecified atom stereocenters. The van der Waals surface area contributed by atoms with Gasteiger partial charge in [-0.25, -0.2) is 0 Å². The highest BCUT2D eigenvalue weighted by Crippen LogP contribution is 2.15. The highest BCUT2D eigenvalue weighted by molar-refractivity contribution is 5.91. The summed E-state index contributed by atoms with van der Waals surface area (Å²) in [4.78, 5) is 23.7. The molecule has 0 aromatic heterocycles. The average Bonchev–Trinajstić information content (AvgIpc) is 2.45. The molecule has 1 fully saturated rings. The van der Waals surface area contributed by atoms with Crippen LogP contribution in [0.2, 0.25) is 0 Å². The molecule has 1 aromatic carbocycles. The molecular formula is C14H16N2O4. The van der Waals surface area contributed by atoms with Gasteiger partial charge >= 0.3 is 0 Å². The number of carbonyl (C=O) groups is 1. The van der Waals surface area contributed by atoms with Crippen molar-refractivity contribution >= 4 is 17.7 Å². The molecule has 1 heterocycles. The van der Waals surface area contributed by atoms with Crippen molar-refractivity contribution in [3.63, 3.8) is 0 Å². The Bertz CT molecular complexity index is 542. The Kier molecular flexibility index (Phi) is 4.47. The van der Waals surface area contributed by atoms with Crippen molar-refractivity contribution in [3.8, 4) is 0 Å². The molecule has 0 aliphatic carbocycles. The highest BCUT2D eigenvalue weighted by atomic mass is 16.6. The number of nitro groups is 1. The summed E-state index contributed by atoms with van der Waals surface area (Å²) in [6.07, 6.45) is 3.99. The van der Waals surface area contributed by atoms with Crippen LogP contribution in [0.4, 0.5) is 5.69 Å². The van der Waals surface area contributed by atoms with Crippen molar-refractivity contribution in [2.24, 2.45) is 0 Å². The smallest absolute Gasteiger partial charge is 0.270 e. The normalized spacial score (nSPS) is 19.2. The second kappa shape index (κ2) is 6.29. The van der Waals surface area contributed by atoms with E-state index in [1.54, 1.807) is 23.1 Å². The molecule has 1 aromatic rings. The third kappa shape index (κ3) is 3.64. The Labute approximate surface area is 116 Å². The number of likely N-dealkylation sites (tertiary alicyclic amines) is 1. The van der Waals surface area contributed by atoms with Gasteiger partial charge in [0.1, 0.15) is 0 Å². The van der Waals surface area contributed by atoms with Crippen LogP contribution in [0.1, 0.15) is 18.4 Å². The lowest BCUT2D eigenvalue weighted by atomic mass is 10.1. The molecule has 1 N–H and O–H groups in total. The summed E-state index contributed by atoms with van der Waals surface area (Å²) in [5.74, 6) is -0.185. The van der Waals surface area contributed by atoms with E-state index in [1.165, 1.54) is 18.2 Å². The van der Waals surface area contributed by atoms with E-state index in [4.69, 9.17) is 0 Å². The number of hydrogen-bond acceptors (Lipinski definition) is 4. The molecule has 6 nitrogen and oxygen atoms in total. The van der Waals surface area contributed by atoms with Crippen LogP contribution in [0.25, 0.3) is 6.08 Å². The van der Waals surface area contributed by atoms with Crippen LogP contribution in [0.15, 0.2) is 30.3 Å². The fraction of sp³-hybridized carbons (Fsp3) is 0.357. The number of hydrogen-bond donors (Lipinski definition) is 1. The number of benzene rings is 1. The van der Waals surface area contributed by atoms with E-state index in [9.17, 15) is 20.0 Å². The minimum Gasteiger partial charge on any atom is -0.391 e. The number of piperidine rings is 1. The van der Waals surface area contributed by atoms with Crippen LogP contribution in [-0.4, -0.2) is 40.0 Å². The largest absolute Gasteiger partial charge is 0.391 e. The number of carbonyl (C=O) groups excluding carboxylic acids is 1. The molecule has 0 radical (unpaired) electrons. The number of aliphatic hydroxyl groups excluding tert-OH is 1. The quantitative estimate of drug-likeness (QED) is 0.516. The number of nitro benzene ring substituents is 1. The summed E-state index contributed by atoms with van der Waals surface area (Å²) < 4.78 is 0. The molecule has 1 atom stereocenters. The minimum absolute atomic E-state index is 0.00649. The topological polar surface area (TPSA) is 83.7 Å². The lowest BCUT2D eigenvalue weighted by Crippen LogP contribution is -2.41. The van der Waals surface area contributed by atoms with E-state index in [0.717, 1.165) is 12.8 Å². The SMILES string of the molecule is O=C(C=Cc1cccc([N+](=O)[O-])c1)N1CCCC(O)C1. The van der Waals surface area contributed by atoms with Crippen LogP contribution in [0.5, 0.6) is 0 Å². The predicted molar refractivity (Wildman–Crippen MR) is 74.0 cm³/mol. The van der Waals surface area contributed by atoms with Crippen molar-refractivity contribution in [1.82, 2.24) is 4.90 Å². The molecule has 1 aliphatic heterocycles. The second-order valence-electron chi connectivity index (χ2n) is 4.77. The fourth-order valence-corrected chi connectivity index (χ4v) is 2.17. The van der Waals surface area contributed by atoms with Crippen molar-refractivity contribution in [2.75, 3.05) is 13.1 Å². The number of β-amino-alcohol motifs (C(OH)–C–C–N with tert-alkyl or cyclic N) is 1. The van der Waals surface area contributed by atoms with E-state index in [1.807, 2.05) is 0 Å². The van der Waals surface area contributed by atoms with E-state index >= 15 is 0 Å². The molecule has 1 amide bonds. The molecule has 20 heavy (non-hydrogen) atoms. The number of rotatable bonds is 3. The van der Waals surface area contributed by atoms with Gasteiger partial charge in [0.2, 0.25) is 5.91 Å². The molecule has 1 saturated heterocycles. The van der Waals surface area contributed by atoms with E-state index in [-0.39, 0.29) is 11.6 Å². The van der Waals surface area contributed by atoms with Gasteiger partial charge in [-0.05, 0) is 24.5 Å². The first-order chi connectivity index (χ1) is 9.56. The maximum absolute atomic E-state index is 11.9. The molecule has 6 heteroatoms. The molecular weight excluding hydrogens is 260 g/mol. The first-order valence-electron chi connectivity index (χ1n) is 6.46. The highest BCUT2D eigenvalue weighted by Gasteiger charge is 2.20. The number of aliphatic hydroxyl groups is 1. The summed E-state index contributed by atoms with van der Waals surface area (Å²) >= 11 is 0. The zero-order valence-corrected chi connectivity index (χ0v) is 10.9. The van der Waals surface area contributed by atoms with E-state index < -0.39 is 11.0 Å². The second-order valence-corrected chi connectivity index (χ2v) is 4.77. The standard InChI is InChI=1S/C14H16N2O4/c17-13-5-2-8-15(10-13)14(18)7-6-11-3-1-4-12(9-11)16(19)20/h1,3-4,6-7,9,13,17H,2,5,8,10H2. The Balaban J connectivity index is 2.03. The van der Waals surface area contributed by atoms with Crippen LogP contribution in [0, 0.1) is 10.1 Å². The van der Waals surface area contributed by atoms with Crippen LogP contribution in [0.3, 0.4) is 0 Å². The zero-order valence-electron chi connectivity index (χ0n) is 10.9. The monoisotopic (exact) mass is 276 g/mol. The average molecular weight is 276 g/mol. The third-order valence-corrected chi connectivity index (χ3v) is 3.21. The minimum atomic E-state index is -0.472. The summed E-state index contributed by atoms with van der Waals surface area (Å²) in [5.41, 5.74) is 0.595. The van der Waals surface area contributed by atoms with Gasteiger partial charge < -0.3 is 10.0 Å². The van der Waals surface area contributed by atoms with Crippen molar-refractivity contribution < 1.29 is 14.8 Å². The zero-order chi connectivity index (χ0) is 14.5. The molecule has 0 bridgehead atoms. The van der Waals surface area contributed by atoms with Gasteiger partial charge in [0, 0.05) is 31.3 Å². The molecule has 106 valence electrons. The number of amides is 1. The van der Waals surface area contributed by atoms with Crippen LogP contribution < -0.4 is 0 Å². The van der Waals surface area contributed by atoms with Gasteiger partial charge in [-0.1, -0.05) is 12.1 Å². The van der Waals surface area contributed by atoms with Crippen LogP contribution in [-0.2, 0) is 4.79 Å². The van der Waals surface area contributed by atoms with Crippen molar-refractivity contribution in [3.05, 3.63) is 46.0 Å². The van der Waals surface area contributed by atoms with Gasteiger partial charge in [0.05, 0.1) is 11.0 Å². The van der Waals surface area contributed by atoms with Gasteiger partial charge in [-0.15, -0.1) is 0 Å². The predicted octanol–water partition coefficient (Wildman–Crippen LogP) is 1.59. The first-order valence-corrected chi connectivity index (χ1v) is 6.46. The maximum Gasteiger partial charge on any atom is 0.270 e. The lowest BCUT2D eigenvalue weighted by molar-refractivity contribution is -0.384. The van der Waals surface area contributed by atoms with E-state index in [2.05, 4.69) is 0 Å². The Hall–Kier alpha value is -2.21. The van der Waals surface area contributed by atoms with Gasteiger partial charge in [0.25, 0.3) is 5.69 Å². The number of non-ortho nitro benzene ring substituents is 1. The molecule has 2 rings (SSSR count). The van der Waals surface area contributed by atoms with Crippen molar-refractivity contribution in [1.29, 1.82) is 0 Å². The van der Waals surface area contributed by atoms with Gasteiger partial charge in [0.15, 0.2) is 0 Å². The van der Waals surface area contributed by atoms with E-state index in [0.29, 0.717) is 18.7 Å². The van der Waals surface area contributed by atoms with Gasteiger partial charge in [-0.2, -0.15) is 0 Å². The third-order valence-electron chi connectivity index (χ3n) is 3.21. The number of nitrogens with zero attached hydrogens (tertiary/aromatic N) is 2. The fourth-order valence-electron chi connectivity index (χ4n) is 2.17. The molecule has 1 aliphatic rings. The lowest BCUT2D eigenvalue weighted by Gasteiger charge is -2.29. The Morgan fingerprint density at radius 1 is 1.50 bits per heavy atom. The van der Waals surface area contributed by atoms with Crippen LogP contribution >= 0.6 is 0 Å². The summed E-state index contributed by atoms with van der Waals surface area (Å²) in [6, 6.07) is 6.09. The van der Waals surface area contributed by atoms with Crippen molar-refractivity contribution in [2.45, 2.75) is 18.9 Å². The van der Waals surface area contributed by atoms with Gasteiger partial charge in [-0.3, -0.25) is 14.9 Å². The molecule has 0 spiro atoms. The summed E-state index contributed by atoms with van der Waals surface area (Å²) in [5, 5.41) is 20.2.